The monoisotopic (exact) mass is 674 g/mol. The zero-order valence-electron chi connectivity index (χ0n) is 24.6. The number of alkyl halides is 6. The zero-order valence-corrected chi connectivity index (χ0v) is 26.2. The van der Waals surface area contributed by atoms with Crippen molar-refractivity contribution in [3.05, 3.63) is 92.7 Å². The van der Waals surface area contributed by atoms with E-state index in [4.69, 9.17) is 21.0 Å². The van der Waals surface area contributed by atoms with Crippen LogP contribution in [0.1, 0.15) is 47.6 Å². The smallest absolute Gasteiger partial charge is 0.192 e. The molecule has 0 radical (unpaired) electrons. The Balaban J connectivity index is 1.59. The van der Waals surface area contributed by atoms with Gasteiger partial charge in [-0.1, -0.05) is 38.1 Å². The molecule has 0 saturated heterocycles. The number of thiophene rings is 2. The first-order valence-corrected chi connectivity index (χ1v) is 15.6. The number of nitriles is 4. The van der Waals surface area contributed by atoms with Crippen LogP contribution >= 0.6 is 22.7 Å². The van der Waals surface area contributed by atoms with Gasteiger partial charge in [-0.15, -0.1) is 22.7 Å². The SMILES string of the molecule is CCC1(CC)c2cc(-c3ccc(C(=C(C#N)C#N)C(F)(F)F)s3)ccc2-c2ccc(-c3ccc(C(=C(C#N)C#N)C(F)(F)F)s3)cc21. The van der Waals surface area contributed by atoms with Crippen LogP contribution in [0.3, 0.4) is 0 Å². The molecule has 5 rings (SSSR count). The Morgan fingerprint density at radius 1 is 0.596 bits per heavy atom. The first-order valence-electron chi connectivity index (χ1n) is 14.0. The fourth-order valence-electron chi connectivity index (χ4n) is 6.15. The summed E-state index contributed by atoms with van der Waals surface area (Å²) in [5.74, 6) is 0. The van der Waals surface area contributed by atoms with Gasteiger partial charge in [-0.2, -0.15) is 47.4 Å². The first-order chi connectivity index (χ1) is 22.3. The maximum atomic E-state index is 13.9. The van der Waals surface area contributed by atoms with Crippen molar-refractivity contribution >= 4 is 33.8 Å². The number of nitrogens with zero attached hydrogens (tertiary/aromatic N) is 4. The van der Waals surface area contributed by atoms with Crippen molar-refractivity contribution in [1.29, 1.82) is 21.0 Å². The van der Waals surface area contributed by atoms with Crippen molar-refractivity contribution in [2.75, 3.05) is 0 Å². The third kappa shape index (κ3) is 5.61. The van der Waals surface area contributed by atoms with Crippen LogP contribution in [0.15, 0.2) is 71.8 Å². The number of allylic oxidation sites excluding steroid dienone is 4. The third-order valence-electron chi connectivity index (χ3n) is 8.36. The average molecular weight is 675 g/mol. The molecule has 0 fully saturated rings. The van der Waals surface area contributed by atoms with E-state index < -0.39 is 40.1 Å². The van der Waals surface area contributed by atoms with E-state index in [1.54, 1.807) is 12.1 Å². The van der Waals surface area contributed by atoms with Gasteiger partial charge >= 0.3 is 12.4 Å². The van der Waals surface area contributed by atoms with Crippen molar-refractivity contribution in [2.24, 2.45) is 0 Å². The summed E-state index contributed by atoms with van der Waals surface area (Å²) in [6, 6.07) is 22.2. The molecule has 0 N–H and O–H groups in total. The van der Waals surface area contributed by atoms with Gasteiger partial charge in [-0.05, 0) is 82.6 Å². The minimum atomic E-state index is -4.90. The topological polar surface area (TPSA) is 95.2 Å². The first kappa shape index (κ1) is 33.2. The lowest BCUT2D eigenvalue weighted by atomic mass is 9.73. The Morgan fingerprint density at radius 2 is 0.957 bits per heavy atom. The fraction of sp³-hybridized carbons (Fsp3) is 0.200. The summed E-state index contributed by atoms with van der Waals surface area (Å²) >= 11 is 1.67. The van der Waals surface area contributed by atoms with Gasteiger partial charge < -0.3 is 0 Å². The van der Waals surface area contributed by atoms with Crippen LogP contribution in [0.25, 0.3) is 43.2 Å². The number of hydrogen-bond donors (Lipinski definition) is 0. The fourth-order valence-corrected chi connectivity index (χ4v) is 8.30. The van der Waals surface area contributed by atoms with E-state index in [9.17, 15) is 26.3 Å². The third-order valence-corrected chi connectivity index (χ3v) is 10.7. The highest BCUT2D eigenvalue weighted by atomic mass is 32.1. The quantitative estimate of drug-likeness (QED) is 0.150. The Labute approximate surface area is 274 Å². The molecule has 12 heteroatoms. The molecule has 1 aliphatic carbocycles. The van der Waals surface area contributed by atoms with Crippen molar-refractivity contribution in [3.63, 3.8) is 0 Å². The van der Waals surface area contributed by atoms with E-state index in [1.807, 2.05) is 38.1 Å². The molecule has 4 aromatic rings. The van der Waals surface area contributed by atoms with E-state index in [0.717, 1.165) is 44.9 Å². The second kappa shape index (κ2) is 12.2. The van der Waals surface area contributed by atoms with Crippen LogP contribution < -0.4 is 0 Å². The summed E-state index contributed by atoms with van der Waals surface area (Å²) in [4.78, 5) is 0.552. The van der Waals surface area contributed by atoms with Crippen LogP contribution in [0.5, 0.6) is 0 Å². The van der Waals surface area contributed by atoms with Crippen molar-refractivity contribution in [3.8, 4) is 56.3 Å². The molecule has 47 heavy (non-hydrogen) atoms. The molecule has 2 aromatic heterocycles. The van der Waals surface area contributed by atoms with Gasteiger partial charge in [-0.25, -0.2) is 0 Å². The lowest BCUT2D eigenvalue weighted by Gasteiger charge is -2.30. The molecule has 0 bridgehead atoms. The predicted octanol–water partition coefficient (Wildman–Crippen LogP) is 11.0. The summed E-state index contributed by atoms with van der Waals surface area (Å²) < 4.78 is 83.1. The summed E-state index contributed by atoms with van der Waals surface area (Å²) in [6.45, 7) is 4.04. The summed E-state index contributed by atoms with van der Waals surface area (Å²) in [5, 5.41) is 36.6. The molecule has 1 aliphatic rings. The van der Waals surface area contributed by atoms with Crippen LogP contribution in [-0.4, -0.2) is 12.4 Å². The van der Waals surface area contributed by atoms with E-state index in [2.05, 4.69) is 0 Å². The molecular formula is C35H20F6N4S2. The molecule has 0 amide bonds. The molecular weight excluding hydrogens is 655 g/mol. The molecule has 0 aliphatic heterocycles. The second-order valence-corrected chi connectivity index (χ2v) is 12.7. The van der Waals surface area contributed by atoms with E-state index in [0.29, 0.717) is 33.7 Å². The van der Waals surface area contributed by atoms with E-state index in [-0.39, 0.29) is 9.75 Å². The minimum absolute atomic E-state index is 0.244. The molecule has 0 atom stereocenters. The predicted molar refractivity (Wildman–Crippen MR) is 168 cm³/mol. The number of hydrogen-bond acceptors (Lipinski definition) is 6. The summed E-state index contributed by atoms with van der Waals surface area (Å²) in [6.07, 6.45) is -8.49. The second-order valence-electron chi connectivity index (χ2n) is 10.6. The molecule has 234 valence electrons. The van der Waals surface area contributed by atoms with Gasteiger partial charge in [0.05, 0.1) is 0 Å². The highest BCUT2D eigenvalue weighted by Crippen LogP contribution is 2.55. The molecule has 0 unspecified atom stereocenters. The van der Waals surface area contributed by atoms with Gasteiger partial charge in [0.15, 0.2) is 0 Å². The summed E-state index contributed by atoms with van der Waals surface area (Å²) in [7, 11) is 0. The maximum Gasteiger partial charge on any atom is 0.419 e. The van der Waals surface area contributed by atoms with Crippen LogP contribution in [-0.2, 0) is 5.41 Å². The number of halogens is 6. The van der Waals surface area contributed by atoms with Gasteiger partial charge in [0.2, 0.25) is 0 Å². The van der Waals surface area contributed by atoms with E-state index >= 15 is 0 Å². The standard InChI is InChI=1S/C35H20F6N4S2/c1-3-33(4-2)25-13-19(27-9-11-29(46-27)31(34(36,37)38)21(15-42)16-43)5-7-23(25)24-8-6-20(14-26(24)33)28-10-12-30(47-28)32(35(39,40)41)22(17-44)18-45/h5-14H,3-4H2,1-2H3. The number of fused-ring (bicyclic) bond motifs is 3. The Bertz CT molecular complexity index is 1970. The number of benzene rings is 2. The lowest BCUT2D eigenvalue weighted by molar-refractivity contribution is -0.0698. The Morgan fingerprint density at radius 3 is 1.26 bits per heavy atom. The lowest BCUT2D eigenvalue weighted by Crippen LogP contribution is -2.23. The maximum absolute atomic E-state index is 13.9. The van der Waals surface area contributed by atoms with Gasteiger partial charge in [0.1, 0.15) is 46.6 Å². The molecule has 0 spiro atoms. The van der Waals surface area contributed by atoms with Gasteiger partial charge in [0.25, 0.3) is 0 Å². The average Bonchev–Trinajstić information content (AvgIpc) is 3.77. The van der Waals surface area contributed by atoms with Crippen LogP contribution in [0.2, 0.25) is 0 Å². The van der Waals surface area contributed by atoms with Crippen LogP contribution in [0.4, 0.5) is 26.3 Å². The number of rotatable bonds is 6. The van der Waals surface area contributed by atoms with Crippen molar-refractivity contribution < 1.29 is 26.3 Å². The van der Waals surface area contributed by atoms with Gasteiger partial charge in [-0.3, -0.25) is 0 Å². The van der Waals surface area contributed by atoms with Crippen LogP contribution in [0, 0.1) is 45.3 Å². The minimum Gasteiger partial charge on any atom is -0.192 e. The van der Waals surface area contributed by atoms with E-state index in [1.165, 1.54) is 48.5 Å². The Hall–Kier alpha value is -5.14. The highest BCUT2D eigenvalue weighted by Gasteiger charge is 2.42. The normalized spacial score (nSPS) is 12.9. The highest BCUT2D eigenvalue weighted by molar-refractivity contribution is 7.17. The largest absolute Gasteiger partial charge is 0.419 e. The van der Waals surface area contributed by atoms with Crippen molar-refractivity contribution in [1.82, 2.24) is 0 Å². The summed E-state index contributed by atoms with van der Waals surface area (Å²) in [5.41, 5.74) is 0.0408. The zero-order chi connectivity index (χ0) is 34.3. The molecule has 2 heterocycles. The Kier molecular flexibility index (Phi) is 8.65. The van der Waals surface area contributed by atoms with Gasteiger partial charge in [0, 0.05) is 24.9 Å². The van der Waals surface area contributed by atoms with Crippen molar-refractivity contribution in [2.45, 2.75) is 44.5 Å². The molecule has 2 aromatic carbocycles. The molecule has 0 saturated carbocycles. The molecule has 4 nitrogen and oxygen atoms in total.